The first kappa shape index (κ1) is 17.4. The molecule has 25 heavy (non-hydrogen) atoms. The van der Waals surface area contributed by atoms with Gasteiger partial charge >= 0.3 is 0 Å². The van der Waals surface area contributed by atoms with Crippen LogP contribution in [0.4, 0.5) is 5.82 Å². The van der Waals surface area contributed by atoms with Gasteiger partial charge in [-0.25, -0.2) is 4.98 Å². The largest absolute Gasteiger partial charge is 0.352 e. The van der Waals surface area contributed by atoms with Crippen LogP contribution >= 0.6 is 0 Å². The number of anilines is 1. The fourth-order valence-electron chi connectivity index (χ4n) is 3.01. The van der Waals surface area contributed by atoms with Gasteiger partial charge in [-0.3, -0.25) is 0 Å². The van der Waals surface area contributed by atoms with Crippen LogP contribution in [0.3, 0.4) is 0 Å². The Bertz CT molecular complexity index is 812. The number of hydrogen-bond acceptors (Lipinski definition) is 3. The molecule has 130 valence electrons. The summed E-state index contributed by atoms with van der Waals surface area (Å²) < 4.78 is 0. The van der Waals surface area contributed by atoms with Crippen molar-refractivity contribution in [2.75, 3.05) is 11.4 Å². The predicted octanol–water partition coefficient (Wildman–Crippen LogP) is 4.76. The van der Waals surface area contributed by atoms with Gasteiger partial charge in [0.15, 0.2) is 0 Å². The molecule has 0 fully saturated rings. The maximum absolute atomic E-state index is 5.01. The Morgan fingerprint density at radius 3 is 2.44 bits per heavy atom. The number of benzene rings is 2. The molecule has 1 aromatic heterocycles. The van der Waals surface area contributed by atoms with E-state index in [-0.39, 0.29) is 0 Å². The molecule has 0 radical (unpaired) electrons. The van der Waals surface area contributed by atoms with Crippen LogP contribution in [0, 0.1) is 0 Å². The van der Waals surface area contributed by atoms with Crippen LogP contribution in [0.25, 0.3) is 10.9 Å². The van der Waals surface area contributed by atoms with Crippen molar-refractivity contribution in [2.45, 2.75) is 39.9 Å². The molecule has 2 aromatic carbocycles. The lowest BCUT2D eigenvalue weighted by Gasteiger charge is -2.26. The number of aromatic nitrogens is 1. The molecule has 3 aromatic rings. The zero-order chi connectivity index (χ0) is 17.6. The third-order valence-corrected chi connectivity index (χ3v) is 4.38. The summed E-state index contributed by atoms with van der Waals surface area (Å²) in [5.41, 5.74) is 3.62. The Hall–Kier alpha value is -2.39. The van der Waals surface area contributed by atoms with Crippen LogP contribution in [-0.2, 0) is 13.1 Å². The molecule has 0 spiro atoms. The van der Waals surface area contributed by atoms with Crippen LogP contribution in [-0.4, -0.2) is 17.6 Å². The van der Waals surface area contributed by atoms with Gasteiger partial charge in [0.1, 0.15) is 5.82 Å². The highest BCUT2D eigenvalue weighted by atomic mass is 15.2. The maximum Gasteiger partial charge on any atom is 0.134 e. The van der Waals surface area contributed by atoms with E-state index in [1.54, 1.807) is 0 Å². The van der Waals surface area contributed by atoms with Gasteiger partial charge in [0.05, 0.1) is 5.52 Å². The van der Waals surface area contributed by atoms with Gasteiger partial charge in [-0.05, 0) is 24.6 Å². The fourth-order valence-corrected chi connectivity index (χ4v) is 3.01. The van der Waals surface area contributed by atoms with Crippen molar-refractivity contribution in [3.63, 3.8) is 0 Å². The van der Waals surface area contributed by atoms with Crippen molar-refractivity contribution in [3.8, 4) is 0 Å². The highest BCUT2D eigenvalue weighted by Crippen LogP contribution is 2.25. The number of hydrogen-bond donors (Lipinski definition) is 1. The van der Waals surface area contributed by atoms with Gasteiger partial charge in [0.2, 0.25) is 0 Å². The highest BCUT2D eigenvalue weighted by Gasteiger charge is 2.14. The van der Waals surface area contributed by atoms with E-state index in [0.717, 1.165) is 31.0 Å². The molecular formula is C22H27N3. The molecule has 0 saturated heterocycles. The van der Waals surface area contributed by atoms with Crippen LogP contribution in [0.5, 0.6) is 0 Å². The van der Waals surface area contributed by atoms with E-state index in [1.807, 2.05) is 0 Å². The number of nitrogens with zero attached hydrogens (tertiary/aromatic N) is 2. The molecule has 3 rings (SSSR count). The summed E-state index contributed by atoms with van der Waals surface area (Å²) in [4.78, 5) is 7.37. The van der Waals surface area contributed by atoms with E-state index in [2.05, 4.69) is 91.7 Å². The van der Waals surface area contributed by atoms with Crippen LogP contribution in [0.1, 0.15) is 31.9 Å². The molecule has 0 saturated carbocycles. The number of rotatable bonds is 7. The summed E-state index contributed by atoms with van der Waals surface area (Å²) in [5, 5.41) is 4.74. The van der Waals surface area contributed by atoms with Gasteiger partial charge in [-0.15, -0.1) is 0 Å². The maximum atomic E-state index is 5.01. The van der Waals surface area contributed by atoms with Crippen LogP contribution in [0.15, 0.2) is 60.7 Å². The Morgan fingerprint density at radius 2 is 1.72 bits per heavy atom. The van der Waals surface area contributed by atoms with Crippen LogP contribution < -0.4 is 10.2 Å². The van der Waals surface area contributed by atoms with E-state index in [1.165, 1.54) is 16.5 Å². The van der Waals surface area contributed by atoms with Crippen molar-refractivity contribution in [3.05, 3.63) is 71.8 Å². The molecule has 1 N–H and O–H groups in total. The lowest BCUT2D eigenvalue weighted by Crippen LogP contribution is -2.27. The lowest BCUT2D eigenvalue weighted by atomic mass is 10.1. The quantitative estimate of drug-likeness (QED) is 0.676. The van der Waals surface area contributed by atoms with Gasteiger partial charge in [0, 0.05) is 36.6 Å². The Morgan fingerprint density at radius 1 is 1.00 bits per heavy atom. The molecule has 0 aliphatic carbocycles. The summed E-state index contributed by atoms with van der Waals surface area (Å²) >= 11 is 0. The SMILES string of the molecule is CCN(Cc1ccccc1)c1nc2ccccc2cc1CNC(C)C. The van der Waals surface area contributed by atoms with Gasteiger partial charge < -0.3 is 10.2 Å². The second-order valence-electron chi connectivity index (χ2n) is 6.70. The average Bonchev–Trinajstić information content (AvgIpc) is 2.64. The Labute approximate surface area is 150 Å². The van der Waals surface area contributed by atoms with Crippen molar-refractivity contribution in [2.24, 2.45) is 0 Å². The first-order valence-electron chi connectivity index (χ1n) is 9.08. The molecule has 0 aliphatic rings. The molecule has 0 amide bonds. The monoisotopic (exact) mass is 333 g/mol. The van der Waals surface area contributed by atoms with Gasteiger partial charge in [-0.1, -0.05) is 62.4 Å². The summed E-state index contributed by atoms with van der Waals surface area (Å²) in [6.45, 7) is 9.17. The summed E-state index contributed by atoms with van der Waals surface area (Å²) in [6.07, 6.45) is 0. The first-order valence-corrected chi connectivity index (χ1v) is 9.08. The van der Waals surface area contributed by atoms with Crippen molar-refractivity contribution >= 4 is 16.7 Å². The second-order valence-corrected chi connectivity index (χ2v) is 6.70. The van der Waals surface area contributed by atoms with E-state index in [0.29, 0.717) is 6.04 Å². The minimum absolute atomic E-state index is 0.448. The second kappa shape index (κ2) is 8.13. The van der Waals surface area contributed by atoms with E-state index in [4.69, 9.17) is 4.98 Å². The number of para-hydroxylation sites is 1. The molecule has 1 heterocycles. The minimum atomic E-state index is 0.448. The van der Waals surface area contributed by atoms with Crippen molar-refractivity contribution in [1.82, 2.24) is 10.3 Å². The third-order valence-electron chi connectivity index (χ3n) is 4.38. The van der Waals surface area contributed by atoms with Crippen molar-refractivity contribution in [1.29, 1.82) is 0 Å². The predicted molar refractivity (Wildman–Crippen MR) is 107 cm³/mol. The molecule has 3 nitrogen and oxygen atoms in total. The molecule has 3 heteroatoms. The smallest absolute Gasteiger partial charge is 0.134 e. The molecule has 0 bridgehead atoms. The summed E-state index contributed by atoms with van der Waals surface area (Å²) in [7, 11) is 0. The standard InChI is InChI=1S/C22H27N3/c1-4-25(16-18-10-6-5-7-11-18)22-20(15-23-17(2)3)14-19-12-8-9-13-21(19)24-22/h5-14,17,23H,4,15-16H2,1-3H3. The average molecular weight is 333 g/mol. The molecular weight excluding hydrogens is 306 g/mol. The Balaban J connectivity index is 1.99. The summed E-state index contributed by atoms with van der Waals surface area (Å²) in [5.74, 6) is 1.08. The van der Waals surface area contributed by atoms with Gasteiger partial charge in [-0.2, -0.15) is 0 Å². The zero-order valence-corrected chi connectivity index (χ0v) is 15.4. The minimum Gasteiger partial charge on any atom is -0.352 e. The molecule has 0 unspecified atom stereocenters. The zero-order valence-electron chi connectivity index (χ0n) is 15.4. The molecule has 0 atom stereocenters. The fraction of sp³-hybridized carbons (Fsp3) is 0.318. The summed E-state index contributed by atoms with van der Waals surface area (Å²) in [6, 6.07) is 21.7. The number of pyridine rings is 1. The van der Waals surface area contributed by atoms with Crippen LogP contribution in [0.2, 0.25) is 0 Å². The van der Waals surface area contributed by atoms with E-state index in [9.17, 15) is 0 Å². The normalized spacial score (nSPS) is 11.2. The number of fused-ring (bicyclic) bond motifs is 1. The topological polar surface area (TPSA) is 28.2 Å². The lowest BCUT2D eigenvalue weighted by molar-refractivity contribution is 0.587. The third kappa shape index (κ3) is 4.37. The first-order chi connectivity index (χ1) is 12.2. The van der Waals surface area contributed by atoms with Crippen molar-refractivity contribution < 1.29 is 0 Å². The number of nitrogens with one attached hydrogen (secondary N) is 1. The molecule has 0 aliphatic heterocycles. The van der Waals surface area contributed by atoms with Gasteiger partial charge in [0.25, 0.3) is 0 Å². The van der Waals surface area contributed by atoms with E-state index < -0.39 is 0 Å². The Kier molecular flexibility index (Phi) is 5.67. The van der Waals surface area contributed by atoms with E-state index >= 15 is 0 Å². The highest BCUT2D eigenvalue weighted by molar-refractivity contribution is 5.81.